The maximum Gasteiger partial charge on any atom is 0.350 e. The van der Waals surface area contributed by atoms with Crippen LogP contribution in [-0.4, -0.2) is 66.9 Å². The molecule has 178 valence electrons. The zero-order valence-corrected chi connectivity index (χ0v) is 20.0. The van der Waals surface area contributed by atoms with Crippen LogP contribution in [0.25, 0.3) is 10.4 Å². The lowest BCUT2D eigenvalue weighted by atomic mass is 10.2. The molecular formula is C25H27N3O5S. The van der Waals surface area contributed by atoms with E-state index in [9.17, 15) is 14.4 Å². The third kappa shape index (κ3) is 5.55. The molecule has 3 heterocycles. The van der Waals surface area contributed by atoms with E-state index in [0.717, 1.165) is 10.4 Å². The van der Waals surface area contributed by atoms with Gasteiger partial charge in [-0.2, -0.15) is 0 Å². The van der Waals surface area contributed by atoms with Crippen molar-refractivity contribution in [3.8, 4) is 10.4 Å². The number of ether oxygens (including phenoxy) is 1. The van der Waals surface area contributed by atoms with E-state index in [-0.39, 0.29) is 25.0 Å². The van der Waals surface area contributed by atoms with Gasteiger partial charge in [-0.05, 0) is 37.6 Å². The fourth-order valence-corrected chi connectivity index (χ4v) is 4.80. The quantitative estimate of drug-likeness (QED) is 0.515. The van der Waals surface area contributed by atoms with E-state index in [0.29, 0.717) is 48.3 Å². The average Bonchev–Trinajstić information content (AvgIpc) is 3.46. The summed E-state index contributed by atoms with van der Waals surface area (Å²) in [6.07, 6.45) is 0. The Labute approximate surface area is 202 Å². The van der Waals surface area contributed by atoms with Gasteiger partial charge in [0, 0.05) is 31.1 Å². The molecule has 1 aliphatic heterocycles. The summed E-state index contributed by atoms with van der Waals surface area (Å²) in [5, 5.41) is 2.88. The van der Waals surface area contributed by atoms with Gasteiger partial charge in [0.25, 0.3) is 5.91 Å². The molecule has 1 aliphatic rings. The van der Waals surface area contributed by atoms with Crippen LogP contribution in [0.1, 0.15) is 32.9 Å². The van der Waals surface area contributed by atoms with Crippen molar-refractivity contribution in [2.24, 2.45) is 0 Å². The second-order valence-electron chi connectivity index (χ2n) is 7.97. The van der Waals surface area contributed by atoms with Gasteiger partial charge in [-0.3, -0.25) is 14.5 Å². The highest BCUT2D eigenvalue weighted by Gasteiger charge is 2.26. The molecule has 1 fully saturated rings. The fourth-order valence-electron chi connectivity index (χ4n) is 3.78. The average molecular weight is 482 g/mol. The van der Waals surface area contributed by atoms with Crippen molar-refractivity contribution in [2.75, 3.05) is 44.6 Å². The number of anilines is 1. The van der Waals surface area contributed by atoms with Crippen molar-refractivity contribution < 1.29 is 23.5 Å². The molecule has 34 heavy (non-hydrogen) atoms. The molecule has 2 amide bonds. The van der Waals surface area contributed by atoms with Crippen LogP contribution in [-0.2, 0) is 9.53 Å². The number of piperazine rings is 1. The van der Waals surface area contributed by atoms with Crippen molar-refractivity contribution >= 4 is 34.8 Å². The van der Waals surface area contributed by atoms with Gasteiger partial charge in [-0.1, -0.05) is 30.3 Å². The summed E-state index contributed by atoms with van der Waals surface area (Å²) in [5.74, 6) is 0.226. The molecule has 1 N–H and O–H groups in total. The summed E-state index contributed by atoms with van der Waals surface area (Å²) >= 11 is 1.30. The van der Waals surface area contributed by atoms with E-state index in [1.54, 1.807) is 30.9 Å². The van der Waals surface area contributed by atoms with Crippen LogP contribution in [0.5, 0.6) is 0 Å². The first-order valence-corrected chi connectivity index (χ1v) is 12.0. The van der Waals surface area contributed by atoms with Gasteiger partial charge in [0.05, 0.1) is 18.8 Å². The van der Waals surface area contributed by atoms with E-state index in [4.69, 9.17) is 9.15 Å². The molecule has 0 spiro atoms. The zero-order valence-electron chi connectivity index (χ0n) is 19.2. The van der Waals surface area contributed by atoms with Gasteiger partial charge >= 0.3 is 5.97 Å². The van der Waals surface area contributed by atoms with Crippen LogP contribution >= 0.6 is 11.3 Å². The van der Waals surface area contributed by atoms with Gasteiger partial charge < -0.3 is 19.4 Å². The SMILES string of the molecule is CCOC(=O)c1sc(-c2ccccc2)cc1NC(=O)CN1CCN(C(=O)c2ccc(C)o2)CC1. The second kappa shape index (κ2) is 10.7. The topological polar surface area (TPSA) is 92.1 Å². The van der Waals surface area contributed by atoms with E-state index in [1.165, 1.54) is 11.3 Å². The standard InChI is InChI=1S/C25H27N3O5S/c1-3-32-25(31)23-19(15-21(34-23)18-7-5-4-6-8-18)26-22(29)16-27-11-13-28(14-12-27)24(30)20-10-9-17(2)33-20/h4-10,15H,3,11-14,16H2,1-2H3,(H,26,29). The number of aryl methyl sites for hydroxylation is 1. The third-order valence-electron chi connectivity index (χ3n) is 5.50. The Kier molecular flexibility index (Phi) is 7.44. The van der Waals surface area contributed by atoms with Crippen molar-refractivity contribution in [3.05, 3.63) is 64.9 Å². The highest BCUT2D eigenvalue weighted by atomic mass is 32.1. The zero-order chi connectivity index (χ0) is 24.1. The molecule has 4 rings (SSSR count). The van der Waals surface area contributed by atoms with Crippen LogP contribution in [0.4, 0.5) is 5.69 Å². The lowest BCUT2D eigenvalue weighted by molar-refractivity contribution is -0.117. The summed E-state index contributed by atoms with van der Waals surface area (Å²) in [4.78, 5) is 42.8. The van der Waals surface area contributed by atoms with E-state index >= 15 is 0 Å². The number of rotatable bonds is 7. The second-order valence-corrected chi connectivity index (χ2v) is 9.02. The lowest BCUT2D eigenvalue weighted by Gasteiger charge is -2.33. The number of nitrogens with one attached hydrogen (secondary N) is 1. The Bertz CT molecular complexity index is 1160. The predicted octanol–water partition coefficient (Wildman–Crippen LogP) is 3.89. The first-order valence-electron chi connectivity index (χ1n) is 11.2. The van der Waals surface area contributed by atoms with Gasteiger partial charge in [0.15, 0.2) is 5.76 Å². The summed E-state index contributed by atoms with van der Waals surface area (Å²) in [7, 11) is 0. The van der Waals surface area contributed by atoms with Crippen LogP contribution in [0.2, 0.25) is 0 Å². The van der Waals surface area contributed by atoms with Crippen molar-refractivity contribution in [1.29, 1.82) is 0 Å². The molecule has 0 saturated carbocycles. The van der Waals surface area contributed by atoms with E-state index < -0.39 is 5.97 Å². The smallest absolute Gasteiger partial charge is 0.350 e. The molecule has 0 radical (unpaired) electrons. The van der Waals surface area contributed by atoms with Gasteiger partial charge in [0.1, 0.15) is 10.6 Å². The first kappa shape index (κ1) is 23.7. The van der Waals surface area contributed by atoms with Crippen molar-refractivity contribution in [1.82, 2.24) is 9.80 Å². The lowest BCUT2D eigenvalue weighted by Crippen LogP contribution is -2.50. The minimum atomic E-state index is -0.453. The number of thiophene rings is 1. The minimum Gasteiger partial charge on any atom is -0.462 e. The minimum absolute atomic E-state index is 0.136. The Balaban J connectivity index is 1.37. The Morgan fingerprint density at radius 2 is 1.79 bits per heavy atom. The summed E-state index contributed by atoms with van der Waals surface area (Å²) in [6, 6.07) is 15.0. The first-order chi connectivity index (χ1) is 16.4. The number of carbonyl (C=O) groups is 3. The molecule has 9 heteroatoms. The summed E-state index contributed by atoms with van der Waals surface area (Å²) in [5.41, 5.74) is 1.42. The number of amides is 2. The number of furan rings is 1. The molecule has 8 nitrogen and oxygen atoms in total. The van der Waals surface area contributed by atoms with Gasteiger partial charge in [-0.25, -0.2) is 4.79 Å². The Morgan fingerprint density at radius 3 is 2.44 bits per heavy atom. The van der Waals surface area contributed by atoms with Crippen LogP contribution < -0.4 is 5.32 Å². The summed E-state index contributed by atoms with van der Waals surface area (Å²) in [6.45, 7) is 6.14. The maximum atomic E-state index is 12.8. The largest absolute Gasteiger partial charge is 0.462 e. The number of esters is 1. The summed E-state index contributed by atoms with van der Waals surface area (Å²) < 4.78 is 10.6. The van der Waals surface area contributed by atoms with Crippen molar-refractivity contribution in [3.63, 3.8) is 0 Å². The normalized spacial score (nSPS) is 14.1. The molecule has 0 atom stereocenters. The molecule has 1 saturated heterocycles. The van der Waals surface area contributed by atoms with Gasteiger partial charge in [0.2, 0.25) is 5.91 Å². The molecule has 3 aromatic rings. The number of hydrogen-bond donors (Lipinski definition) is 1. The number of carbonyl (C=O) groups excluding carboxylic acids is 3. The molecule has 0 aliphatic carbocycles. The van der Waals surface area contributed by atoms with Crippen molar-refractivity contribution in [2.45, 2.75) is 13.8 Å². The number of nitrogens with zero attached hydrogens (tertiary/aromatic N) is 2. The number of benzene rings is 1. The van der Waals surface area contributed by atoms with Crippen LogP contribution in [0.15, 0.2) is 52.9 Å². The third-order valence-corrected chi connectivity index (χ3v) is 6.67. The maximum absolute atomic E-state index is 12.8. The molecule has 2 aromatic heterocycles. The molecule has 0 bridgehead atoms. The van der Waals surface area contributed by atoms with E-state index in [2.05, 4.69) is 5.32 Å². The van der Waals surface area contributed by atoms with Crippen LogP contribution in [0, 0.1) is 6.92 Å². The molecular weight excluding hydrogens is 454 g/mol. The number of hydrogen-bond acceptors (Lipinski definition) is 7. The molecule has 1 aromatic carbocycles. The fraction of sp³-hybridized carbons (Fsp3) is 0.320. The highest BCUT2D eigenvalue weighted by molar-refractivity contribution is 7.18. The van der Waals surface area contributed by atoms with E-state index in [1.807, 2.05) is 41.3 Å². The highest BCUT2D eigenvalue weighted by Crippen LogP contribution is 2.35. The van der Waals surface area contributed by atoms with Crippen LogP contribution in [0.3, 0.4) is 0 Å². The Hall–Kier alpha value is -3.43. The van der Waals surface area contributed by atoms with Gasteiger partial charge in [-0.15, -0.1) is 11.3 Å². The predicted molar refractivity (Wildman–Crippen MR) is 130 cm³/mol. The Morgan fingerprint density at radius 1 is 1.06 bits per heavy atom. The molecule has 0 unspecified atom stereocenters. The monoisotopic (exact) mass is 481 g/mol.